The third kappa shape index (κ3) is 2.26. The Morgan fingerprint density at radius 2 is 1.86 bits per heavy atom. The third-order valence-corrected chi connectivity index (χ3v) is 2.92. The molecule has 7 heteroatoms. The standard InChI is InChI=1S/C14H8F3NO3/c15-8-4-5-9(12(17)11(8)16)18-14(19)7-2-1-3-10-13(7)21-6-20-10/h1-5H,6H2,(H,18,19). The molecule has 2 aromatic rings. The molecular formula is C14H8F3NO3. The summed E-state index contributed by atoms with van der Waals surface area (Å²) in [5, 5.41) is 2.17. The van der Waals surface area contributed by atoms with Gasteiger partial charge in [-0.05, 0) is 24.3 Å². The lowest BCUT2D eigenvalue weighted by atomic mass is 10.1. The number of carbonyl (C=O) groups is 1. The number of nitrogens with one attached hydrogen (secondary N) is 1. The number of rotatable bonds is 2. The Balaban J connectivity index is 1.91. The highest BCUT2D eigenvalue weighted by molar-refractivity contribution is 6.06. The number of para-hydroxylation sites is 1. The predicted octanol–water partition coefficient (Wildman–Crippen LogP) is 3.08. The molecule has 4 nitrogen and oxygen atoms in total. The monoisotopic (exact) mass is 295 g/mol. The summed E-state index contributed by atoms with van der Waals surface area (Å²) in [5.41, 5.74) is -0.357. The lowest BCUT2D eigenvalue weighted by Gasteiger charge is -2.09. The summed E-state index contributed by atoms with van der Waals surface area (Å²) in [6.45, 7) is -0.0286. The minimum Gasteiger partial charge on any atom is -0.454 e. The molecule has 3 rings (SSSR count). The summed E-state index contributed by atoms with van der Waals surface area (Å²) in [7, 11) is 0. The first-order chi connectivity index (χ1) is 10.1. The first-order valence-electron chi connectivity index (χ1n) is 5.91. The molecule has 0 saturated carbocycles. The number of anilines is 1. The number of amides is 1. The van der Waals surface area contributed by atoms with Crippen molar-refractivity contribution in [1.82, 2.24) is 0 Å². The number of halogens is 3. The van der Waals surface area contributed by atoms with E-state index in [2.05, 4.69) is 5.32 Å². The van der Waals surface area contributed by atoms with Crippen LogP contribution in [-0.4, -0.2) is 12.7 Å². The van der Waals surface area contributed by atoms with Crippen molar-refractivity contribution in [1.29, 1.82) is 0 Å². The van der Waals surface area contributed by atoms with Gasteiger partial charge in [-0.25, -0.2) is 13.2 Å². The second-order valence-corrected chi connectivity index (χ2v) is 4.22. The molecule has 108 valence electrons. The van der Waals surface area contributed by atoms with Gasteiger partial charge in [0.15, 0.2) is 29.0 Å². The number of carbonyl (C=O) groups excluding carboxylic acids is 1. The van der Waals surface area contributed by atoms with Crippen LogP contribution >= 0.6 is 0 Å². The number of hydrogen-bond donors (Lipinski definition) is 1. The van der Waals surface area contributed by atoms with E-state index >= 15 is 0 Å². The Bertz CT molecular complexity index is 734. The summed E-state index contributed by atoms with van der Waals surface area (Å²) in [4.78, 5) is 12.1. The maximum absolute atomic E-state index is 13.5. The molecule has 1 heterocycles. The van der Waals surface area contributed by atoms with E-state index in [9.17, 15) is 18.0 Å². The van der Waals surface area contributed by atoms with E-state index in [0.29, 0.717) is 5.75 Å². The van der Waals surface area contributed by atoms with Crippen molar-refractivity contribution < 1.29 is 27.4 Å². The van der Waals surface area contributed by atoms with Gasteiger partial charge in [-0.1, -0.05) is 6.07 Å². The Kier molecular flexibility index (Phi) is 3.17. The molecule has 0 spiro atoms. The fraction of sp³-hybridized carbons (Fsp3) is 0.0714. The summed E-state index contributed by atoms with van der Waals surface area (Å²) < 4.78 is 49.7. The topological polar surface area (TPSA) is 47.6 Å². The second kappa shape index (κ2) is 5.01. The normalized spacial score (nSPS) is 12.3. The molecule has 0 saturated heterocycles. The highest BCUT2D eigenvalue weighted by Crippen LogP contribution is 2.35. The van der Waals surface area contributed by atoms with Crippen LogP contribution in [0.5, 0.6) is 11.5 Å². The molecule has 1 aliphatic rings. The lowest BCUT2D eigenvalue weighted by Crippen LogP contribution is -2.14. The molecule has 0 unspecified atom stereocenters. The van der Waals surface area contributed by atoms with Gasteiger partial charge in [0.2, 0.25) is 6.79 Å². The van der Waals surface area contributed by atoms with Gasteiger partial charge in [0, 0.05) is 0 Å². The summed E-state index contributed by atoms with van der Waals surface area (Å²) in [5.74, 6) is -4.56. The van der Waals surface area contributed by atoms with Crippen molar-refractivity contribution in [2.75, 3.05) is 12.1 Å². The van der Waals surface area contributed by atoms with Gasteiger partial charge in [0.1, 0.15) is 0 Å². The van der Waals surface area contributed by atoms with Crippen molar-refractivity contribution in [3.63, 3.8) is 0 Å². The van der Waals surface area contributed by atoms with Gasteiger partial charge in [-0.15, -0.1) is 0 Å². The Morgan fingerprint density at radius 3 is 2.67 bits per heavy atom. The summed E-state index contributed by atoms with van der Waals surface area (Å²) in [6, 6.07) is 6.27. The van der Waals surface area contributed by atoms with Crippen molar-refractivity contribution in [3.05, 3.63) is 53.3 Å². The lowest BCUT2D eigenvalue weighted by molar-refractivity contribution is 0.102. The molecule has 1 N–H and O–H groups in total. The van der Waals surface area contributed by atoms with Crippen LogP contribution in [0.15, 0.2) is 30.3 Å². The zero-order valence-electron chi connectivity index (χ0n) is 10.5. The molecule has 21 heavy (non-hydrogen) atoms. The zero-order valence-corrected chi connectivity index (χ0v) is 10.5. The maximum Gasteiger partial charge on any atom is 0.259 e. The van der Waals surface area contributed by atoms with E-state index in [0.717, 1.165) is 12.1 Å². The fourth-order valence-electron chi connectivity index (χ4n) is 1.92. The molecule has 1 amide bonds. The van der Waals surface area contributed by atoms with Crippen LogP contribution in [0.25, 0.3) is 0 Å². The van der Waals surface area contributed by atoms with E-state index in [-0.39, 0.29) is 18.1 Å². The minimum absolute atomic E-state index is 0.0286. The second-order valence-electron chi connectivity index (χ2n) is 4.22. The first-order valence-corrected chi connectivity index (χ1v) is 5.91. The highest BCUT2D eigenvalue weighted by Gasteiger charge is 2.23. The van der Waals surface area contributed by atoms with Gasteiger partial charge in [-0.3, -0.25) is 4.79 Å². The number of benzene rings is 2. The Hall–Kier alpha value is -2.70. The molecular weight excluding hydrogens is 287 g/mol. The zero-order chi connectivity index (χ0) is 15.0. The van der Waals surface area contributed by atoms with Crippen LogP contribution in [-0.2, 0) is 0 Å². The van der Waals surface area contributed by atoms with Crippen LogP contribution in [0, 0.1) is 17.5 Å². The van der Waals surface area contributed by atoms with Crippen LogP contribution in [0.3, 0.4) is 0 Å². The minimum atomic E-state index is -1.65. The number of fused-ring (bicyclic) bond motifs is 1. The summed E-state index contributed by atoms with van der Waals surface area (Å²) in [6.07, 6.45) is 0. The average molecular weight is 295 g/mol. The molecule has 0 fully saturated rings. The van der Waals surface area contributed by atoms with Gasteiger partial charge >= 0.3 is 0 Å². The smallest absolute Gasteiger partial charge is 0.259 e. The largest absolute Gasteiger partial charge is 0.454 e. The van der Waals surface area contributed by atoms with Crippen molar-refractivity contribution in [3.8, 4) is 11.5 Å². The molecule has 2 aromatic carbocycles. The van der Waals surface area contributed by atoms with Gasteiger partial charge in [0.25, 0.3) is 5.91 Å². The molecule has 0 bridgehead atoms. The number of hydrogen-bond acceptors (Lipinski definition) is 3. The van der Waals surface area contributed by atoms with E-state index in [1.165, 1.54) is 6.07 Å². The Morgan fingerprint density at radius 1 is 1.05 bits per heavy atom. The van der Waals surface area contributed by atoms with Crippen LogP contribution in [0.1, 0.15) is 10.4 Å². The van der Waals surface area contributed by atoms with Crippen molar-refractivity contribution in [2.45, 2.75) is 0 Å². The van der Waals surface area contributed by atoms with Gasteiger partial charge < -0.3 is 14.8 Å². The van der Waals surface area contributed by atoms with Crippen molar-refractivity contribution >= 4 is 11.6 Å². The van der Waals surface area contributed by atoms with Crippen molar-refractivity contribution in [2.24, 2.45) is 0 Å². The third-order valence-electron chi connectivity index (χ3n) is 2.92. The van der Waals surface area contributed by atoms with Gasteiger partial charge in [0.05, 0.1) is 11.3 Å². The fourth-order valence-corrected chi connectivity index (χ4v) is 1.92. The van der Waals surface area contributed by atoms with E-state index < -0.39 is 29.0 Å². The van der Waals surface area contributed by atoms with E-state index in [4.69, 9.17) is 9.47 Å². The molecule has 0 radical (unpaired) electrons. The maximum atomic E-state index is 13.5. The van der Waals surface area contributed by atoms with Gasteiger partial charge in [-0.2, -0.15) is 0 Å². The first kappa shape index (κ1) is 13.3. The predicted molar refractivity (Wildman–Crippen MR) is 66.8 cm³/mol. The molecule has 0 atom stereocenters. The molecule has 1 aliphatic heterocycles. The van der Waals surface area contributed by atoms with Crippen LogP contribution in [0.2, 0.25) is 0 Å². The van der Waals surface area contributed by atoms with Crippen LogP contribution in [0.4, 0.5) is 18.9 Å². The average Bonchev–Trinajstić information content (AvgIpc) is 2.96. The van der Waals surface area contributed by atoms with E-state index in [1.807, 2.05) is 0 Å². The quantitative estimate of drug-likeness (QED) is 0.866. The summed E-state index contributed by atoms with van der Waals surface area (Å²) >= 11 is 0. The number of ether oxygens (including phenoxy) is 2. The SMILES string of the molecule is O=C(Nc1ccc(F)c(F)c1F)c1cccc2c1OCO2. The van der Waals surface area contributed by atoms with E-state index in [1.54, 1.807) is 12.1 Å². The molecule has 0 aromatic heterocycles. The highest BCUT2D eigenvalue weighted by atomic mass is 19.2. The van der Waals surface area contributed by atoms with Crippen LogP contribution < -0.4 is 14.8 Å². The Labute approximate surface area is 117 Å². The molecule has 0 aliphatic carbocycles.